The molecule has 1 unspecified atom stereocenters. The van der Waals surface area contributed by atoms with Crippen LogP contribution in [0.15, 0.2) is 47.2 Å². The van der Waals surface area contributed by atoms with Crippen LogP contribution in [0.4, 0.5) is 0 Å². The van der Waals surface area contributed by atoms with Crippen LogP contribution in [0.3, 0.4) is 0 Å². The summed E-state index contributed by atoms with van der Waals surface area (Å²) in [5.41, 5.74) is 2.16. The van der Waals surface area contributed by atoms with Gasteiger partial charge in [0.2, 0.25) is 0 Å². The number of methoxy groups -OCH3 is 1. The Morgan fingerprint density at radius 2 is 2.00 bits per heavy atom. The summed E-state index contributed by atoms with van der Waals surface area (Å²) in [4.78, 5) is 4.00. The van der Waals surface area contributed by atoms with E-state index in [4.69, 9.17) is 16.3 Å². The fraction of sp³-hybridized carbons (Fsp3) is 0.214. The molecule has 2 aromatic rings. The highest BCUT2D eigenvalue weighted by atomic mass is 79.9. The van der Waals surface area contributed by atoms with Gasteiger partial charge in [0.1, 0.15) is 5.75 Å². The van der Waals surface area contributed by atoms with E-state index >= 15 is 0 Å². The highest BCUT2D eigenvalue weighted by Crippen LogP contribution is 2.34. The lowest BCUT2D eigenvalue weighted by molar-refractivity contribution is 0.408. The van der Waals surface area contributed by atoms with Gasteiger partial charge >= 0.3 is 0 Å². The molecule has 2 rings (SSSR count). The first kappa shape index (κ1) is 13.4. The number of hydrogen-bond donors (Lipinski definition) is 0. The summed E-state index contributed by atoms with van der Waals surface area (Å²) in [5, 5.41) is -0.115. The van der Waals surface area contributed by atoms with Crippen molar-refractivity contribution in [2.24, 2.45) is 0 Å². The number of ether oxygens (including phenoxy) is 1. The first-order valence-corrected chi connectivity index (χ1v) is 6.80. The van der Waals surface area contributed by atoms with E-state index in [1.165, 1.54) is 0 Å². The van der Waals surface area contributed by atoms with Gasteiger partial charge in [-0.1, -0.05) is 22.0 Å². The largest absolute Gasteiger partial charge is 0.496 e. The zero-order valence-electron chi connectivity index (χ0n) is 9.94. The van der Waals surface area contributed by atoms with E-state index in [9.17, 15) is 0 Å². The van der Waals surface area contributed by atoms with Crippen LogP contribution in [-0.2, 0) is 6.42 Å². The number of halogens is 2. The molecule has 0 spiro atoms. The maximum absolute atomic E-state index is 6.46. The monoisotopic (exact) mass is 325 g/mol. The lowest BCUT2D eigenvalue weighted by atomic mass is 10.0. The first-order chi connectivity index (χ1) is 8.70. The second kappa shape index (κ2) is 6.21. The summed E-state index contributed by atoms with van der Waals surface area (Å²) >= 11 is 9.88. The van der Waals surface area contributed by atoms with Crippen molar-refractivity contribution in [3.63, 3.8) is 0 Å². The first-order valence-electron chi connectivity index (χ1n) is 5.57. The van der Waals surface area contributed by atoms with Crippen molar-refractivity contribution in [3.05, 3.63) is 58.3 Å². The van der Waals surface area contributed by atoms with Crippen molar-refractivity contribution in [3.8, 4) is 5.75 Å². The van der Waals surface area contributed by atoms with Gasteiger partial charge in [0.15, 0.2) is 0 Å². The molecule has 0 radical (unpaired) electrons. The van der Waals surface area contributed by atoms with Crippen LogP contribution in [0.25, 0.3) is 0 Å². The lowest BCUT2D eigenvalue weighted by Gasteiger charge is -2.14. The minimum Gasteiger partial charge on any atom is -0.496 e. The molecular formula is C14H13BrClNO. The number of rotatable bonds is 4. The molecule has 0 N–H and O–H groups in total. The third-order valence-electron chi connectivity index (χ3n) is 2.70. The van der Waals surface area contributed by atoms with Gasteiger partial charge in [-0.3, -0.25) is 4.98 Å². The molecule has 0 aliphatic rings. The van der Waals surface area contributed by atoms with Crippen LogP contribution >= 0.6 is 27.5 Å². The normalized spacial score (nSPS) is 12.2. The lowest BCUT2D eigenvalue weighted by Crippen LogP contribution is -1.99. The van der Waals surface area contributed by atoms with Gasteiger partial charge in [0.25, 0.3) is 0 Å². The number of aromatic nitrogens is 1. The van der Waals surface area contributed by atoms with Crippen LogP contribution in [0.5, 0.6) is 5.75 Å². The third kappa shape index (κ3) is 3.24. The van der Waals surface area contributed by atoms with Gasteiger partial charge in [-0.15, -0.1) is 11.6 Å². The molecule has 1 atom stereocenters. The smallest absolute Gasteiger partial charge is 0.124 e. The molecule has 0 saturated carbocycles. The zero-order chi connectivity index (χ0) is 13.0. The molecule has 0 amide bonds. The van der Waals surface area contributed by atoms with Crippen molar-refractivity contribution < 1.29 is 4.74 Å². The quantitative estimate of drug-likeness (QED) is 0.778. The Kier molecular flexibility index (Phi) is 4.61. The third-order valence-corrected chi connectivity index (χ3v) is 3.58. The average Bonchev–Trinajstić information content (AvgIpc) is 2.39. The maximum Gasteiger partial charge on any atom is 0.124 e. The molecule has 1 aromatic heterocycles. The number of nitrogens with zero attached hydrogens (tertiary/aromatic N) is 1. The number of pyridine rings is 1. The van der Waals surface area contributed by atoms with E-state index in [1.807, 2.05) is 30.3 Å². The van der Waals surface area contributed by atoms with Gasteiger partial charge in [-0.25, -0.2) is 0 Å². The number of benzene rings is 1. The molecule has 0 aliphatic carbocycles. The van der Waals surface area contributed by atoms with E-state index in [0.29, 0.717) is 0 Å². The minimum absolute atomic E-state index is 0.115. The highest BCUT2D eigenvalue weighted by molar-refractivity contribution is 9.10. The van der Waals surface area contributed by atoms with Gasteiger partial charge in [0, 0.05) is 22.4 Å². The maximum atomic E-state index is 6.46. The molecule has 1 aromatic carbocycles. The summed E-state index contributed by atoms with van der Waals surface area (Å²) in [5.74, 6) is 0.804. The van der Waals surface area contributed by atoms with E-state index < -0.39 is 0 Å². The average molecular weight is 327 g/mol. The molecule has 0 saturated heterocycles. The summed E-state index contributed by atoms with van der Waals surface area (Å²) < 4.78 is 6.34. The molecule has 2 nitrogen and oxygen atoms in total. The summed E-state index contributed by atoms with van der Waals surface area (Å²) in [6.45, 7) is 0. The van der Waals surface area contributed by atoms with Gasteiger partial charge in [-0.2, -0.15) is 0 Å². The summed E-state index contributed by atoms with van der Waals surface area (Å²) in [6, 6.07) is 9.83. The topological polar surface area (TPSA) is 22.1 Å². The summed E-state index contributed by atoms with van der Waals surface area (Å²) in [7, 11) is 1.65. The highest BCUT2D eigenvalue weighted by Gasteiger charge is 2.14. The van der Waals surface area contributed by atoms with Gasteiger partial charge in [-0.05, 0) is 36.2 Å². The van der Waals surface area contributed by atoms with Crippen molar-refractivity contribution in [2.45, 2.75) is 11.8 Å². The van der Waals surface area contributed by atoms with Crippen LogP contribution in [0.1, 0.15) is 16.5 Å². The Hall–Kier alpha value is -1.06. The van der Waals surface area contributed by atoms with E-state index in [0.717, 1.165) is 27.8 Å². The molecule has 0 bridgehead atoms. The second-order valence-corrected chi connectivity index (χ2v) is 5.36. The molecular weight excluding hydrogens is 314 g/mol. The van der Waals surface area contributed by atoms with Crippen molar-refractivity contribution in [2.75, 3.05) is 7.11 Å². The predicted octanol–water partition coefficient (Wildman–Crippen LogP) is 4.38. The molecule has 0 aliphatic heterocycles. The Morgan fingerprint density at radius 3 is 2.67 bits per heavy atom. The fourth-order valence-electron chi connectivity index (χ4n) is 1.78. The summed E-state index contributed by atoms with van der Waals surface area (Å²) in [6.07, 6.45) is 4.30. The fourth-order valence-corrected chi connectivity index (χ4v) is 2.48. The van der Waals surface area contributed by atoms with Crippen molar-refractivity contribution in [1.82, 2.24) is 4.98 Å². The van der Waals surface area contributed by atoms with E-state index in [-0.39, 0.29) is 5.38 Å². The molecule has 4 heteroatoms. The Bertz CT molecular complexity index is 518. The number of hydrogen-bond acceptors (Lipinski definition) is 2. The Morgan fingerprint density at radius 1 is 1.28 bits per heavy atom. The van der Waals surface area contributed by atoms with Gasteiger partial charge < -0.3 is 4.74 Å². The van der Waals surface area contributed by atoms with Crippen molar-refractivity contribution >= 4 is 27.5 Å². The van der Waals surface area contributed by atoms with Crippen LogP contribution in [0, 0.1) is 0 Å². The van der Waals surface area contributed by atoms with Crippen LogP contribution in [-0.4, -0.2) is 12.1 Å². The Balaban J connectivity index is 2.21. The Labute approximate surface area is 120 Å². The van der Waals surface area contributed by atoms with Crippen LogP contribution < -0.4 is 4.74 Å². The van der Waals surface area contributed by atoms with Gasteiger partial charge in [0.05, 0.1) is 12.5 Å². The second-order valence-electron chi connectivity index (χ2n) is 3.91. The van der Waals surface area contributed by atoms with Crippen LogP contribution in [0.2, 0.25) is 0 Å². The van der Waals surface area contributed by atoms with Crippen molar-refractivity contribution in [1.29, 1.82) is 0 Å². The molecule has 94 valence electrons. The van der Waals surface area contributed by atoms with E-state index in [1.54, 1.807) is 19.5 Å². The molecule has 18 heavy (non-hydrogen) atoms. The SMILES string of the molecule is COc1cc(Br)ccc1C(Cl)Cc1ccncc1. The predicted molar refractivity (Wildman–Crippen MR) is 77.2 cm³/mol. The standard InChI is InChI=1S/C14H13BrClNO/c1-18-14-9-11(15)2-3-12(14)13(16)8-10-4-6-17-7-5-10/h2-7,9,13H,8H2,1H3. The molecule has 1 heterocycles. The molecule has 0 fully saturated rings. The van der Waals surface area contributed by atoms with E-state index in [2.05, 4.69) is 20.9 Å². The minimum atomic E-state index is -0.115. The number of alkyl halides is 1. The zero-order valence-corrected chi connectivity index (χ0v) is 12.3.